The normalized spacial score (nSPS) is 15.3. The van der Waals surface area contributed by atoms with Gasteiger partial charge in [-0.1, -0.05) is 30.3 Å². The van der Waals surface area contributed by atoms with Gasteiger partial charge in [-0.2, -0.15) is 0 Å². The maximum absolute atomic E-state index is 12.7. The highest BCUT2D eigenvalue weighted by Crippen LogP contribution is 2.21. The second-order valence-corrected chi connectivity index (χ2v) is 8.26. The molecule has 1 aliphatic rings. The van der Waals surface area contributed by atoms with Crippen LogP contribution in [-0.4, -0.2) is 55.4 Å². The third kappa shape index (κ3) is 7.91. The van der Waals surface area contributed by atoms with Crippen LogP contribution in [-0.2, 0) is 14.4 Å². The molecule has 2 aromatic rings. The number of hydrogen-bond acceptors (Lipinski definition) is 5. The average Bonchev–Trinajstić information content (AvgIpc) is 2.80. The third-order valence-electron chi connectivity index (χ3n) is 5.66. The standard InChI is InChI=1S/C25H32N4O4/c1-18(30)26-23(19-8-10-22(33-2)11-9-19)16-24(31)27-21-12-14-29(15-13-21)17-25(32)28-20-6-4-3-5-7-20/h3-11,21,23H,12-17H2,1-2H3,(H,26,30)(H,27,31)(H,28,32). The molecule has 8 nitrogen and oxygen atoms in total. The van der Waals surface area contributed by atoms with Crippen molar-refractivity contribution in [2.24, 2.45) is 0 Å². The number of hydrogen-bond donors (Lipinski definition) is 3. The minimum Gasteiger partial charge on any atom is -0.497 e. The number of likely N-dealkylation sites (tertiary alicyclic amines) is 1. The lowest BCUT2D eigenvalue weighted by Gasteiger charge is -2.32. The van der Waals surface area contributed by atoms with E-state index < -0.39 is 6.04 Å². The maximum atomic E-state index is 12.7. The number of anilines is 1. The summed E-state index contributed by atoms with van der Waals surface area (Å²) in [5.74, 6) is 0.380. The van der Waals surface area contributed by atoms with Crippen LogP contribution in [0.4, 0.5) is 5.69 Å². The summed E-state index contributed by atoms with van der Waals surface area (Å²) in [4.78, 5) is 38.7. The van der Waals surface area contributed by atoms with Crippen molar-refractivity contribution < 1.29 is 19.1 Å². The number of piperidine rings is 1. The van der Waals surface area contributed by atoms with Crippen LogP contribution < -0.4 is 20.7 Å². The second-order valence-electron chi connectivity index (χ2n) is 8.26. The van der Waals surface area contributed by atoms with Crippen LogP contribution in [0.2, 0.25) is 0 Å². The number of ether oxygens (including phenoxy) is 1. The van der Waals surface area contributed by atoms with Gasteiger partial charge in [-0.05, 0) is 42.7 Å². The van der Waals surface area contributed by atoms with Crippen molar-refractivity contribution in [3.05, 3.63) is 60.2 Å². The summed E-state index contributed by atoms with van der Waals surface area (Å²) in [6, 6.07) is 16.4. The van der Waals surface area contributed by atoms with Gasteiger partial charge in [-0.15, -0.1) is 0 Å². The number of methoxy groups -OCH3 is 1. The fraction of sp³-hybridized carbons (Fsp3) is 0.400. The molecule has 3 rings (SSSR count). The summed E-state index contributed by atoms with van der Waals surface area (Å²) in [7, 11) is 1.59. The van der Waals surface area contributed by atoms with Crippen molar-refractivity contribution in [1.82, 2.24) is 15.5 Å². The van der Waals surface area contributed by atoms with E-state index in [9.17, 15) is 14.4 Å². The number of nitrogens with zero attached hydrogens (tertiary/aromatic N) is 1. The first-order valence-corrected chi connectivity index (χ1v) is 11.2. The number of benzene rings is 2. The quantitative estimate of drug-likeness (QED) is 0.543. The van der Waals surface area contributed by atoms with Crippen LogP contribution in [0.15, 0.2) is 54.6 Å². The molecule has 0 spiro atoms. The van der Waals surface area contributed by atoms with Crippen LogP contribution in [0.1, 0.15) is 37.8 Å². The summed E-state index contributed by atoms with van der Waals surface area (Å²) in [5.41, 5.74) is 1.63. The molecular weight excluding hydrogens is 420 g/mol. The van der Waals surface area contributed by atoms with E-state index in [2.05, 4.69) is 20.9 Å². The Morgan fingerprint density at radius 3 is 2.27 bits per heavy atom. The Bertz CT molecular complexity index is 925. The third-order valence-corrected chi connectivity index (χ3v) is 5.66. The summed E-state index contributed by atoms with van der Waals surface area (Å²) in [6.07, 6.45) is 1.71. The van der Waals surface area contributed by atoms with Crippen molar-refractivity contribution in [2.75, 3.05) is 32.1 Å². The number of amides is 3. The van der Waals surface area contributed by atoms with Crippen LogP contribution in [0.25, 0.3) is 0 Å². The lowest BCUT2D eigenvalue weighted by Crippen LogP contribution is -2.47. The summed E-state index contributed by atoms with van der Waals surface area (Å²) >= 11 is 0. The summed E-state index contributed by atoms with van der Waals surface area (Å²) < 4.78 is 5.18. The molecule has 0 radical (unpaired) electrons. The minimum absolute atomic E-state index is 0.0404. The highest BCUT2D eigenvalue weighted by Gasteiger charge is 2.24. The van der Waals surface area contributed by atoms with E-state index in [1.807, 2.05) is 54.6 Å². The first kappa shape index (κ1) is 24.3. The Morgan fingerprint density at radius 2 is 1.67 bits per heavy atom. The Balaban J connectivity index is 1.45. The highest BCUT2D eigenvalue weighted by molar-refractivity contribution is 5.92. The largest absolute Gasteiger partial charge is 0.497 e. The van der Waals surface area contributed by atoms with Crippen LogP contribution in [0.5, 0.6) is 5.75 Å². The number of nitrogens with one attached hydrogen (secondary N) is 3. The molecule has 1 fully saturated rings. The van der Waals surface area contributed by atoms with Crippen molar-refractivity contribution in [2.45, 2.75) is 38.3 Å². The first-order valence-electron chi connectivity index (χ1n) is 11.2. The van der Waals surface area contributed by atoms with Crippen molar-refractivity contribution in [1.29, 1.82) is 0 Å². The molecule has 1 saturated heterocycles. The second kappa shape index (κ2) is 12.0. The van der Waals surface area contributed by atoms with E-state index in [4.69, 9.17) is 4.74 Å². The molecular formula is C25H32N4O4. The van der Waals surface area contributed by atoms with Gasteiger partial charge in [0, 0.05) is 31.7 Å². The van der Waals surface area contributed by atoms with E-state index in [0.717, 1.165) is 37.2 Å². The van der Waals surface area contributed by atoms with Gasteiger partial charge in [-0.25, -0.2) is 0 Å². The van der Waals surface area contributed by atoms with Crippen LogP contribution >= 0.6 is 0 Å². The molecule has 0 bridgehead atoms. The predicted molar refractivity (Wildman–Crippen MR) is 127 cm³/mol. The molecule has 1 aliphatic heterocycles. The Labute approximate surface area is 194 Å². The molecule has 33 heavy (non-hydrogen) atoms. The van der Waals surface area contributed by atoms with Gasteiger partial charge in [0.15, 0.2) is 0 Å². The fourth-order valence-corrected chi connectivity index (χ4v) is 3.97. The molecule has 176 valence electrons. The number of carbonyl (C=O) groups excluding carboxylic acids is 3. The van der Waals surface area contributed by atoms with E-state index >= 15 is 0 Å². The number of para-hydroxylation sites is 1. The lowest BCUT2D eigenvalue weighted by atomic mass is 10.0. The molecule has 2 aromatic carbocycles. The van der Waals surface area contributed by atoms with Gasteiger partial charge in [-0.3, -0.25) is 19.3 Å². The topological polar surface area (TPSA) is 99.8 Å². The molecule has 3 N–H and O–H groups in total. The van der Waals surface area contributed by atoms with E-state index in [-0.39, 0.29) is 30.2 Å². The smallest absolute Gasteiger partial charge is 0.238 e. The average molecular weight is 453 g/mol. The summed E-state index contributed by atoms with van der Waals surface area (Å²) in [5, 5.41) is 8.84. The van der Waals surface area contributed by atoms with Gasteiger partial charge in [0.1, 0.15) is 5.75 Å². The van der Waals surface area contributed by atoms with Crippen molar-refractivity contribution in [3.8, 4) is 5.75 Å². The van der Waals surface area contributed by atoms with E-state index in [1.54, 1.807) is 7.11 Å². The predicted octanol–water partition coefficient (Wildman–Crippen LogP) is 2.48. The highest BCUT2D eigenvalue weighted by atomic mass is 16.5. The van der Waals surface area contributed by atoms with Gasteiger partial charge < -0.3 is 20.7 Å². The molecule has 0 aliphatic carbocycles. The molecule has 1 heterocycles. The van der Waals surface area contributed by atoms with Crippen molar-refractivity contribution >= 4 is 23.4 Å². The Hall–Kier alpha value is -3.39. The zero-order valence-electron chi connectivity index (χ0n) is 19.2. The molecule has 1 atom stereocenters. The van der Waals surface area contributed by atoms with Gasteiger partial charge in [0.2, 0.25) is 17.7 Å². The monoisotopic (exact) mass is 452 g/mol. The van der Waals surface area contributed by atoms with Crippen molar-refractivity contribution in [3.63, 3.8) is 0 Å². The van der Waals surface area contributed by atoms with Crippen LogP contribution in [0, 0.1) is 0 Å². The first-order chi connectivity index (χ1) is 15.9. The van der Waals surface area contributed by atoms with Crippen LogP contribution in [0.3, 0.4) is 0 Å². The van der Waals surface area contributed by atoms with E-state index in [0.29, 0.717) is 12.3 Å². The maximum Gasteiger partial charge on any atom is 0.238 e. The molecule has 8 heteroatoms. The molecule has 0 saturated carbocycles. The lowest BCUT2D eigenvalue weighted by molar-refractivity contribution is -0.124. The molecule has 0 aromatic heterocycles. The van der Waals surface area contributed by atoms with E-state index in [1.165, 1.54) is 6.92 Å². The number of carbonyl (C=O) groups is 3. The zero-order valence-corrected chi connectivity index (χ0v) is 19.2. The SMILES string of the molecule is COc1ccc(C(CC(=O)NC2CCN(CC(=O)Nc3ccccc3)CC2)NC(C)=O)cc1. The minimum atomic E-state index is -0.407. The Kier molecular flexibility index (Phi) is 8.83. The van der Waals surface area contributed by atoms with Gasteiger partial charge in [0.25, 0.3) is 0 Å². The molecule has 3 amide bonds. The Morgan fingerprint density at radius 1 is 1.00 bits per heavy atom. The van der Waals surface area contributed by atoms with Gasteiger partial charge >= 0.3 is 0 Å². The molecule has 1 unspecified atom stereocenters. The van der Waals surface area contributed by atoms with Gasteiger partial charge in [0.05, 0.1) is 26.1 Å². The zero-order chi connectivity index (χ0) is 23.6. The number of rotatable bonds is 9. The summed E-state index contributed by atoms with van der Waals surface area (Å²) in [6.45, 7) is 3.25. The fourth-order valence-electron chi connectivity index (χ4n) is 3.97.